The Morgan fingerprint density at radius 1 is 1.39 bits per heavy atom. The van der Waals surface area contributed by atoms with Gasteiger partial charge in [0.25, 0.3) is 0 Å². The first kappa shape index (κ1) is 15.0. The zero-order valence-electron chi connectivity index (χ0n) is 11.3. The summed E-state index contributed by atoms with van der Waals surface area (Å²) in [6, 6.07) is 0. The van der Waals surface area contributed by atoms with Crippen molar-refractivity contribution in [3.8, 4) is 0 Å². The van der Waals surface area contributed by atoms with E-state index in [1.54, 1.807) is 20.8 Å². The molecule has 0 aromatic heterocycles. The van der Waals surface area contributed by atoms with Crippen LogP contribution in [0.15, 0.2) is 0 Å². The molecule has 1 unspecified atom stereocenters. The molecule has 1 saturated carbocycles. The summed E-state index contributed by atoms with van der Waals surface area (Å²) in [6.07, 6.45) is 2.32. The summed E-state index contributed by atoms with van der Waals surface area (Å²) in [5.41, 5.74) is -1.83. The number of hydrogen-bond donors (Lipinski definition) is 3. The van der Waals surface area contributed by atoms with Crippen molar-refractivity contribution in [1.29, 1.82) is 0 Å². The van der Waals surface area contributed by atoms with Crippen LogP contribution >= 0.6 is 0 Å². The number of amides is 1. The largest absolute Gasteiger partial charge is 0.481 e. The van der Waals surface area contributed by atoms with E-state index in [0.717, 1.165) is 6.42 Å². The molecule has 5 nitrogen and oxygen atoms in total. The lowest BCUT2D eigenvalue weighted by atomic mass is 9.76. The molecule has 0 saturated heterocycles. The summed E-state index contributed by atoms with van der Waals surface area (Å²) in [4.78, 5) is 23.0. The third kappa shape index (κ3) is 3.22. The van der Waals surface area contributed by atoms with E-state index in [9.17, 15) is 19.8 Å². The van der Waals surface area contributed by atoms with E-state index < -0.39 is 17.0 Å². The zero-order valence-corrected chi connectivity index (χ0v) is 11.3. The van der Waals surface area contributed by atoms with E-state index in [1.807, 2.05) is 0 Å². The Labute approximate surface area is 108 Å². The zero-order chi connectivity index (χ0) is 14.0. The van der Waals surface area contributed by atoms with Crippen LogP contribution in [0.5, 0.6) is 0 Å². The van der Waals surface area contributed by atoms with Crippen LogP contribution in [0.3, 0.4) is 0 Å². The SMILES string of the molecule is CC(C)C(C)(CC(=O)NCC1(O)CCC1)C(=O)O. The smallest absolute Gasteiger partial charge is 0.310 e. The van der Waals surface area contributed by atoms with Crippen molar-refractivity contribution in [3.05, 3.63) is 0 Å². The van der Waals surface area contributed by atoms with Gasteiger partial charge < -0.3 is 15.5 Å². The lowest BCUT2D eigenvalue weighted by Crippen LogP contribution is -2.49. The molecule has 1 rings (SSSR count). The van der Waals surface area contributed by atoms with Crippen LogP contribution in [-0.4, -0.2) is 34.2 Å². The molecule has 3 N–H and O–H groups in total. The van der Waals surface area contributed by atoms with E-state index in [-0.39, 0.29) is 24.8 Å². The normalized spacial score (nSPS) is 20.9. The van der Waals surface area contributed by atoms with E-state index >= 15 is 0 Å². The number of nitrogens with one attached hydrogen (secondary N) is 1. The maximum atomic E-state index is 11.8. The molecular weight excluding hydrogens is 234 g/mol. The monoisotopic (exact) mass is 257 g/mol. The first-order valence-corrected chi connectivity index (χ1v) is 6.42. The Kier molecular flexibility index (Phi) is 4.37. The standard InChI is InChI=1S/C13H23NO4/c1-9(2)12(3,11(16)17)7-10(15)14-8-13(18)5-4-6-13/h9,18H,4-8H2,1-3H3,(H,14,15)(H,16,17). The number of carbonyl (C=O) groups excluding carboxylic acids is 1. The quantitative estimate of drug-likeness (QED) is 0.666. The number of carboxylic acids is 1. The number of carboxylic acid groups (broad SMARTS) is 1. The van der Waals surface area contributed by atoms with Gasteiger partial charge in [0.2, 0.25) is 5.91 Å². The number of aliphatic carboxylic acids is 1. The maximum absolute atomic E-state index is 11.8. The highest BCUT2D eigenvalue weighted by molar-refractivity contribution is 5.84. The van der Waals surface area contributed by atoms with Crippen molar-refractivity contribution in [2.75, 3.05) is 6.54 Å². The molecular formula is C13H23NO4. The van der Waals surface area contributed by atoms with Crippen LogP contribution in [0.1, 0.15) is 46.5 Å². The second-order valence-corrected chi connectivity index (χ2v) is 5.91. The van der Waals surface area contributed by atoms with E-state index in [4.69, 9.17) is 0 Å². The van der Waals surface area contributed by atoms with Crippen molar-refractivity contribution in [3.63, 3.8) is 0 Å². The summed E-state index contributed by atoms with van der Waals surface area (Å²) >= 11 is 0. The van der Waals surface area contributed by atoms with Gasteiger partial charge in [-0.3, -0.25) is 9.59 Å². The number of aliphatic hydroxyl groups is 1. The molecule has 18 heavy (non-hydrogen) atoms. The van der Waals surface area contributed by atoms with Crippen molar-refractivity contribution in [2.45, 2.75) is 52.1 Å². The maximum Gasteiger partial charge on any atom is 0.310 e. The van der Waals surface area contributed by atoms with E-state index in [1.165, 1.54) is 0 Å². The predicted molar refractivity (Wildman–Crippen MR) is 67.0 cm³/mol. The van der Waals surface area contributed by atoms with Gasteiger partial charge in [-0.25, -0.2) is 0 Å². The highest BCUT2D eigenvalue weighted by Crippen LogP contribution is 2.32. The third-order valence-electron chi connectivity index (χ3n) is 4.19. The highest BCUT2D eigenvalue weighted by atomic mass is 16.4. The molecule has 0 spiro atoms. The molecule has 5 heteroatoms. The molecule has 1 aliphatic rings. The minimum absolute atomic E-state index is 0.0594. The van der Waals surface area contributed by atoms with Crippen LogP contribution in [0.4, 0.5) is 0 Å². The fraction of sp³-hybridized carbons (Fsp3) is 0.846. The van der Waals surface area contributed by atoms with E-state index in [0.29, 0.717) is 12.8 Å². The van der Waals surface area contributed by atoms with Crippen molar-refractivity contribution >= 4 is 11.9 Å². The minimum Gasteiger partial charge on any atom is -0.481 e. The molecule has 1 fully saturated rings. The van der Waals surface area contributed by atoms with E-state index in [2.05, 4.69) is 5.32 Å². The second kappa shape index (κ2) is 5.26. The van der Waals surface area contributed by atoms with Gasteiger partial charge in [0, 0.05) is 13.0 Å². The summed E-state index contributed by atoms with van der Waals surface area (Å²) in [7, 11) is 0. The first-order chi connectivity index (χ1) is 8.19. The first-order valence-electron chi connectivity index (χ1n) is 6.42. The third-order valence-corrected chi connectivity index (χ3v) is 4.19. The van der Waals surface area contributed by atoms with Crippen LogP contribution in [0.25, 0.3) is 0 Å². The molecule has 0 aromatic carbocycles. The van der Waals surface area contributed by atoms with Gasteiger partial charge >= 0.3 is 5.97 Å². The van der Waals surface area contributed by atoms with Crippen LogP contribution in [0, 0.1) is 11.3 Å². The summed E-state index contributed by atoms with van der Waals surface area (Å²) in [5.74, 6) is -1.41. The lowest BCUT2D eigenvalue weighted by molar-refractivity contribution is -0.153. The predicted octanol–water partition coefficient (Wildman–Crippen LogP) is 1.15. The van der Waals surface area contributed by atoms with Gasteiger partial charge in [0.05, 0.1) is 11.0 Å². The molecule has 1 atom stereocenters. The Morgan fingerprint density at radius 3 is 2.28 bits per heavy atom. The summed E-state index contributed by atoms with van der Waals surface area (Å²) < 4.78 is 0. The second-order valence-electron chi connectivity index (χ2n) is 5.91. The number of hydrogen-bond acceptors (Lipinski definition) is 3. The van der Waals surface area contributed by atoms with Gasteiger partial charge in [-0.15, -0.1) is 0 Å². The fourth-order valence-corrected chi connectivity index (χ4v) is 1.95. The lowest BCUT2D eigenvalue weighted by Gasteiger charge is -2.37. The van der Waals surface area contributed by atoms with Crippen molar-refractivity contribution in [2.24, 2.45) is 11.3 Å². The fourth-order valence-electron chi connectivity index (χ4n) is 1.95. The highest BCUT2D eigenvalue weighted by Gasteiger charge is 2.40. The topological polar surface area (TPSA) is 86.6 Å². The summed E-state index contributed by atoms with van der Waals surface area (Å²) in [5, 5.41) is 21.7. The minimum atomic E-state index is -1.06. The van der Waals surface area contributed by atoms with Gasteiger partial charge in [-0.05, 0) is 32.1 Å². The molecule has 0 aliphatic heterocycles. The van der Waals surface area contributed by atoms with Crippen LogP contribution < -0.4 is 5.32 Å². The van der Waals surface area contributed by atoms with Gasteiger partial charge in [-0.2, -0.15) is 0 Å². The molecule has 0 radical (unpaired) electrons. The molecule has 0 aromatic rings. The average Bonchev–Trinajstić information content (AvgIpc) is 2.23. The van der Waals surface area contributed by atoms with Gasteiger partial charge in [-0.1, -0.05) is 13.8 Å². The Morgan fingerprint density at radius 2 is 1.94 bits per heavy atom. The number of rotatable bonds is 6. The van der Waals surface area contributed by atoms with Crippen molar-refractivity contribution in [1.82, 2.24) is 5.32 Å². The van der Waals surface area contributed by atoms with Crippen LogP contribution in [0.2, 0.25) is 0 Å². The number of carbonyl (C=O) groups is 2. The molecule has 1 amide bonds. The average molecular weight is 257 g/mol. The molecule has 1 aliphatic carbocycles. The molecule has 0 bridgehead atoms. The van der Waals surface area contributed by atoms with Gasteiger partial charge in [0.1, 0.15) is 0 Å². The Bertz CT molecular complexity index is 336. The Hall–Kier alpha value is -1.10. The van der Waals surface area contributed by atoms with Crippen LogP contribution in [-0.2, 0) is 9.59 Å². The Balaban J connectivity index is 2.49. The van der Waals surface area contributed by atoms with Crippen molar-refractivity contribution < 1.29 is 19.8 Å². The molecule has 0 heterocycles. The summed E-state index contributed by atoms with van der Waals surface area (Å²) in [6.45, 7) is 5.39. The van der Waals surface area contributed by atoms with Gasteiger partial charge in [0.15, 0.2) is 0 Å². The molecule has 104 valence electrons.